The molecule has 3 nitrogen and oxygen atoms in total. The molecule has 0 N–H and O–H groups in total. The Morgan fingerprint density at radius 3 is 2.53 bits per heavy atom. The number of halogens is 3. The Balaban J connectivity index is 2.38. The van der Waals surface area contributed by atoms with Crippen LogP contribution in [0, 0.1) is 11.3 Å². The van der Waals surface area contributed by atoms with Crippen LogP contribution in [-0.4, -0.2) is 10.9 Å². The normalized spacial score (nSPS) is 11.1. The van der Waals surface area contributed by atoms with Gasteiger partial charge in [0.05, 0.1) is 0 Å². The van der Waals surface area contributed by atoms with E-state index in [4.69, 9.17) is 5.26 Å². The first-order chi connectivity index (χ1) is 8.90. The maximum absolute atomic E-state index is 12.1. The second-order valence-electron chi connectivity index (χ2n) is 3.85. The lowest BCUT2D eigenvalue weighted by Gasteiger charge is -2.10. The van der Waals surface area contributed by atoms with Gasteiger partial charge in [0.15, 0.2) is 0 Å². The molecule has 2 aromatic rings. The molecule has 1 aromatic carbocycles. The maximum atomic E-state index is 12.1. The third-order valence-corrected chi connectivity index (χ3v) is 2.60. The van der Waals surface area contributed by atoms with Gasteiger partial charge in [-0.3, -0.25) is 0 Å². The second-order valence-corrected chi connectivity index (χ2v) is 3.85. The molecule has 0 saturated heterocycles. The minimum Gasteiger partial charge on any atom is -0.406 e. The van der Waals surface area contributed by atoms with Crippen LogP contribution >= 0.6 is 0 Å². The van der Waals surface area contributed by atoms with E-state index in [1.165, 1.54) is 18.2 Å². The second kappa shape index (κ2) is 4.69. The van der Waals surface area contributed by atoms with Crippen LogP contribution in [0.2, 0.25) is 0 Å². The van der Waals surface area contributed by atoms with Gasteiger partial charge in [0, 0.05) is 18.3 Å². The number of hydrogen-bond donors (Lipinski definition) is 0. The lowest BCUT2D eigenvalue weighted by atomic mass is 10.1. The fraction of sp³-hybridized carbons (Fsp3) is 0.154. The predicted octanol–water partition coefficient (Wildman–Crippen LogP) is 3.46. The predicted molar refractivity (Wildman–Crippen MR) is 62.2 cm³/mol. The summed E-state index contributed by atoms with van der Waals surface area (Å²) >= 11 is 0. The Morgan fingerprint density at radius 1 is 1.21 bits per heavy atom. The van der Waals surface area contributed by atoms with Crippen molar-refractivity contribution in [2.45, 2.75) is 6.36 Å². The van der Waals surface area contributed by atoms with Crippen LogP contribution in [0.4, 0.5) is 13.2 Å². The highest BCUT2D eigenvalue weighted by Gasteiger charge is 2.31. The molecule has 0 unspecified atom stereocenters. The molecule has 0 bridgehead atoms. The van der Waals surface area contributed by atoms with Crippen LogP contribution in [0.1, 0.15) is 5.69 Å². The molecule has 0 amide bonds. The van der Waals surface area contributed by atoms with Crippen LogP contribution in [0.5, 0.6) is 5.75 Å². The van der Waals surface area contributed by atoms with E-state index in [1.54, 1.807) is 29.8 Å². The number of ether oxygens (including phenoxy) is 1. The molecule has 0 fully saturated rings. The molecule has 0 atom stereocenters. The van der Waals surface area contributed by atoms with Crippen LogP contribution in [0.3, 0.4) is 0 Å². The zero-order valence-corrected chi connectivity index (χ0v) is 9.90. The molecule has 0 aliphatic rings. The summed E-state index contributed by atoms with van der Waals surface area (Å²) in [6.45, 7) is 0. The SMILES string of the molecule is Cn1c(C#N)ccc1-c1cccc(OC(F)(F)F)c1. The third-order valence-electron chi connectivity index (χ3n) is 2.60. The van der Waals surface area contributed by atoms with Crippen molar-refractivity contribution in [3.8, 4) is 23.1 Å². The van der Waals surface area contributed by atoms with Crippen LogP contribution in [0.25, 0.3) is 11.3 Å². The quantitative estimate of drug-likeness (QED) is 0.834. The Bertz CT molecular complexity index is 638. The number of benzene rings is 1. The third kappa shape index (κ3) is 2.88. The van der Waals surface area contributed by atoms with Gasteiger partial charge in [0.2, 0.25) is 0 Å². The van der Waals surface area contributed by atoms with Crippen LogP contribution < -0.4 is 4.74 Å². The van der Waals surface area contributed by atoms with Crippen molar-refractivity contribution in [2.24, 2.45) is 7.05 Å². The molecule has 0 aliphatic heterocycles. The van der Waals surface area contributed by atoms with E-state index in [2.05, 4.69) is 4.74 Å². The molecule has 0 spiro atoms. The number of alkyl halides is 3. The van der Waals surface area contributed by atoms with E-state index in [9.17, 15) is 13.2 Å². The van der Waals surface area contributed by atoms with Gasteiger partial charge < -0.3 is 9.30 Å². The maximum Gasteiger partial charge on any atom is 0.573 e. The van der Waals surface area contributed by atoms with Crippen molar-refractivity contribution in [3.05, 3.63) is 42.1 Å². The van der Waals surface area contributed by atoms with Gasteiger partial charge in [-0.25, -0.2) is 0 Å². The van der Waals surface area contributed by atoms with Crippen molar-refractivity contribution in [2.75, 3.05) is 0 Å². The van der Waals surface area contributed by atoms with Crippen molar-refractivity contribution < 1.29 is 17.9 Å². The first-order valence-corrected chi connectivity index (χ1v) is 5.33. The van der Waals surface area contributed by atoms with E-state index in [1.807, 2.05) is 6.07 Å². The summed E-state index contributed by atoms with van der Waals surface area (Å²) in [5.41, 5.74) is 1.62. The topological polar surface area (TPSA) is 38.0 Å². The monoisotopic (exact) mass is 266 g/mol. The number of nitriles is 1. The van der Waals surface area contributed by atoms with E-state index in [0.29, 0.717) is 17.0 Å². The minimum absolute atomic E-state index is 0.287. The van der Waals surface area contributed by atoms with Gasteiger partial charge in [0.1, 0.15) is 17.5 Å². The van der Waals surface area contributed by atoms with Gasteiger partial charge in [-0.1, -0.05) is 12.1 Å². The van der Waals surface area contributed by atoms with E-state index < -0.39 is 6.36 Å². The summed E-state index contributed by atoms with van der Waals surface area (Å²) in [4.78, 5) is 0. The molecule has 0 aliphatic carbocycles. The zero-order chi connectivity index (χ0) is 14.0. The van der Waals surface area contributed by atoms with Crippen molar-refractivity contribution in [1.82, 2.24) is 4.57 Å². The van der Waals surface area contributed by atoms with Gasteiger partial charge in [-0.05, 0) is 24.3 Å². The average molecular weight is 266 g/mol. The number of aromatic nitrogens is 1. The highest BCUT2D eigenvalue weighted by molar-refractivity contribution is 5.63. The van der Waals surface area contributed by atoms with E-state index in [-0.39, 0.29) is 5.75 Å². The molecule has 2 rings (SSSR count). The van der Waals surface area contributed by atoms with E-state index >= 15 is 0 Å². The first kappa shape index (κ1) is 13.0. The molecule has 1 aromatic heterocycles. The molecular weight excluding hydrogens is 257 g/mol. The molecule has 0 radical (unpaired) electrons. The summed E-state index contributed by atoms with van der Waals surface area (Å²) in [7, 11) is 1.67. The molecule has 1 heterocycles. The summed E-state index contributed by atoms with van der Waals surface area (Å²) in [6.07, 6.45) is -4.72. The molecule has 19 heavy (non-hydrogen) atoms. The lowest BCUT2D eigenvalue weighted by Crippen LogP contribution is -2.17. The number of hydrogen-bond acceptors (Lipinski definition) is 2. The Kier molecular flexibility index (Phi) is 3.21. The van der Waals surface area contributed by atoms with Gasteiger partial charge in [0.25, 0.3) is 0 Å². The highest BCUT2D eigenvalue weighted by atomic mass is 19.4. The minimum atomic E-state index is -4.72. The molecular formula is C13H9F3N2O. The summed E-state index contributed by atoms with van der Waals surface area (Å²) in [5.74, 6) is -0.287. The summed E-state index contributed by atoms with van der Waals surface area (Å²) in [6, 6.07) is 10.9. The van der Waals surface area contributed by atoms with Crippen LogP contribution in [0.15, 0.2) is 36.4 Å². The van der Waals surface area contributed by atoms with Crippen molar-refractivity contribution >= 4 is 0 Å². The van der Waals surface area contributed by atoms with Crippen molar-refractivity contribution in [3.63, 3.8) is 0 Å². The van der Waals surface area contributed by atoms with Crippen molar-refractivity contribution in [1.29, 1.82) is 5.26 Å². The van der Waals surface area contributed by atoms with E-state index in [0.717, 1.165) is 0 Å². The lowest BCUT2D eigenvalue weighted by molar-refractivity contribution is -0.274. The van der Waals surface area contributed by atoms with Gasteiger partial charge >= 0.3 is 6.36 Å². The molecule has 6 heteroatoms. The van der Waals surface area contributed by atoms with Gasteiger partial charge in [-0.2, -0.15) is 5.26 Å². The highest BCUT2D eigenvalue weighted by Crippen LogP contribution is 2.28. The smallest absolute Gasteiger partial charge is 0.406 e. The Hall–Kier alpha value is -2.42. The summed E-state index contributed by atoms with van der Waals surface area (Å²) < 4.78 is 41.9. The number of rotatable bonds is 2. The van der Waals surface area contributed by atoms with Crippen LogP contribution in [-0.2, 0) is 7.05 Å². The largest absolute Gasteiger partial charge is 0.573 e. The zero-order valence-electron chi connectivity index (χ0n) is 9.90. The fourth-order valence-corrected chi connectivity index (χ4v) is 1.77. The molecule has 0 saturated carbocycles. The number of nitrogens with zero attached hydrogens (tertiary/aromatic N) is 2. The Labute approximate surface area is 107 Å². The first-order valence-electron chi connectivity index (χ1n) is 5.33. The summed E-state index contributed by atoms with van der Waals surface area (Å²) in [5, 5.41) is 8.84. The Morgan fingerprint density at radius 2 is 1.95 bits per heavy atom. The fourth-order valence-electron chi connectivity index (χ4n) is 1.77. The average Bonchev–Trinajstić information content (AvgIpc) is 2.68. The standard InChI is InChI=1S/C13H9F3N2O/c1-18-10(8-17)5-6-12(18)9-3-2-4-11(7-9)19-13(14,15)16/h2-7H,1H3. The van der Waals surface area contributed by atoms with Gasteiger partial charge in [-0.15, -0.1) is 13.2 Å². The molecule has 98 valence electrons.